The summed E-state index contributed by atoms with van der Waals surface area (Å²) in [5.41, 5.74) is 2.54. The lowest BCUT2D eigenvalue weighted by Crippen LogP contribution is -2.56. The van der Waals surface area contributed by atoms with Gasteiger partial charge >= 0.3 is 12.1 Å². The van der Waals surface area contributed by atoms with Gasteiger partial charge in [-0.05, 0) is 51.9 Å². The van der Waals surface area contributed by atoms with E-state index in [0.29, 0.717) is 31.4 Å². The fraction of sp³-hybridized carbons (Fsp3) is 0.545. The van der Waals surface area contributed by atoms with E-state index in [9.17, 15) is 24.3 Å². The molecule has 1 atom stereocenters. The SMILES string of the molecule is CCCCOC(=O)N1CCN(C(=O)[C@H](CCC(=O)O)NC(=O)c2cc(N3CCC(N(C)C)CC3)cc(-c3ccccc3)n2)CC1. The van der Waals surface area contributed by atoms with E-state index < -0.39 is 24.0 Å². The molecule has 3 heterocycles. The molecule has 0 bridgehead atoms. The normalized spacial score (nSPS) is 16.4. The summed E-state index contributed by atoms with van der Waals surface area (Å²) in [6.45, 7) is 5.15. The number of rotatable bonds is 12. The van der Waals surface area contributed by atoms with E-state index in [4.69, 9.17) is 4.74 Å². The Hall–Kier alpha value is -4.19. The number of nitrogens with zero attached hydrogens (tertiary/aromatic N) is 5. The number of piperidine rings is 1. The van der Waals surface area contributed by atoms with E-state index in [1.165, 1.54) is 0 Å². The van der Waals surface area contributed by atoms with Gasteiger partial charge in [-0.1, -0.05) is 43.7 Å². The number of nitrogens with one attached hydrogen (secondary N) is 1. The summed E-state index contributed by atoms with van der Waals surface area (Å²) < 4.78 is 5.29. The molecule has 2 aliphatic heterocycles. The van der Waals surface area contributed by atoms with Crippen molar-refractivity contribution in [3.8, 4) is 11.3 Å². The Labute approximate surface area is 265 Å². The van der Waals surface area contributed by atoms with Crippen LogP contribution in [0.1, 0.15) is 55.9 Å². The van der Waals surface area contributed by atoms with Crippen molar-refractivity contribution >= 4 is 29.6 Å². The van der Waals surface area contributed by atoms with Crippen molar-refractivity contribution in [3.63, 3.8) is 0 Å². The lowest BCUT2D eigenvalue weighted by atomic mass is 10.0. The highest BCUT2D eigenvalue weighted by molar-refractivity contribution is 5.97. The minimum Gasteiger partial charge on any atom is -0.481 e. The standard InChI is InChI=1S/C33H46N6O6/c1-4-5-21-45-33(44)39-19-17-38(18-20-39)32(43)27(11-12-30(40)41)35-31(42)29-23-26(37-15-13-25(14-16-37)36(2)3)22-28(34-29)24-9-7-6-8-10-24/h6-10,22-23,25,27H,4-5,11-21H2,1-3H3,(H,35,42)(H,40,41)/t27-/m0/s1. The minimum atomic E-state index is -1.06. The Morgan fingerprint density at radius 2 is 1.67 bits per heavy atom. The van der Waals surface area contributed by atoms with Gasteiger partial charge in [0.15, 0.2) is 0 Å². The van der Waals surface area contributed by atoms with Crippen LogP contribution in [0, 0.1) is 0 Å². The summed E-state index contributed by atoms with van der Waals surface area (Å²) in [6, 6.07) is 12.8. The first-order valence-electron chi connectivity index (χ1n) is 15.9. The largest absolute Gasteiger partial charge is 0.481 e. The quantitative estimate of drug-likeness (QED) is 0.342. The van der Waals surface area contributed by atoms with Crippen molar-refractivity contribution in [3.05, 3.63) is 48.2 Å². The number of anilines is 1. The molecule has 12 heteroatoms. The number of pyridine rings is 1. The van der Waals surface area contributed by atoms with Crippen LogP contribution in [0.15, 0.2) is 42.5 Å². The number of hydrogen-bond donors (Lipinski definition) is 2. The predicted octanol–water partition coefficient (Wildman–Crippen LogP) is 3.32. The van der Waals surface area contributed by atoms with Crippen molar-refractivity contribution in [1.29, 1.82) is 0 Å². The molecule has 2 aliphatic rings. The second-order valence-corrected chi connectivity index (χ2v) is 11.9. The Bertz CT molecular complexity index is 1310. The molecule has 0 spiro atoms. The highest BCUT2D eigenvalue weighted by Gasteiger charge is 2.31. The van der Waals surface area contributed by atoms with E-state index in [2.05, 4.69) is 34.2 Å². The lowest BCUT2D eigenvalue weighted by Gasteiger charge is -2.37. The first-order valence-corrected chi connectivity index (χ1v) is 15.9. The molecule has 2 fully saturated rings. The summed E-state index contributed by atoms with van der Waals surface area (Å²) in [4.78, 5) is 63.4. The van der Waals surface area contributed by atoms with E-state index in [1.54, 1.807) is 15.9 Å². The second kappa shape index (κ2) is 16.2. The Kier molecular flexibility index (Phi) is 12.1. The monoisotopic (exact) mass is 622 g/mol. The molecule has 244 valence electrons. The Balaban J connectivity index is 1.50. The molecule has 0 unspecified atom stereocenters. The summed E-state index contributed by atoms with van der Waals surface area (Å²) in [6.07, 6.45) is 2.93. The van der Waals surface area contributed by atoms with Crippen LogP contribution in [-0.2, 0) is 14.3 Å². The Morgan fingerprint density at radius 3 is 2.29 bits per heavy atom. The van der Waals surface area contributed by atoms with Crippen molar-refractivity contribution in [2.24, 2.45) is 0 Å². The van der Waals surface area contributed by atoms with Gasteiger partial charge in [-0.25, -0.2) is 9.78 Å². The molecule has 1 aromatic heterocycles. The van der Waals surface area contributed by atoms with Crippen LogP contribution < -0.4 is 10.2 Å². The van der Waals surface area contributed by atoms with Crippen molar-refractivity contribution in [1.82, 2.24) is 25.0 Å². The van der Waals surface area contributed by atoms with Gasteiger partial charge in [0.25, 0.3) is 5.91 Å². The van der Waals surface area contributed by atoms with Crippen LogP contribution in [0.5, 0.6) is 0 Å². The van der Waals surface area contributed by atoms with Gasteiger partial charge < -0.3 is 34.8 Å². The molecular formula is C33H46N6O6. The third-order valence-corrected chi connectivity index (χ3v) is 8.50. The first kappa shape index (κ1) is 33.7. The van der Waals surface area contributed by atoms with Gasteiger partial charge in [0.1, 0.15) is 11.7 Å². The number of ether oxygens (including phenoxy) is 1. The van der Waals surface area contributed by atoms with Crippen LogP contribution in [0.4, 0.5) is 10.5 Å². The number of amides is 3. The molecule has 0 aliphatic carbocycles. The zero-order valence-electron chi connectivity index (χ0n) is 26.6. The number of hydrogen-bond acceptors (Lipinski definition) is 8. The average molecular weight is 623 g/mol. The number of carboxylic acids is 1. The number of carboxylic acid groups (broad SMARTS) is 1. The van der Waals surface area contributed by atoms with Gasteiger partial charge in [0.2, 0.25) is 5.91 Å². The molecule has 4 rings (SSSR count). The number of aromatic nitrogens is 1. The first-order chi connectivity index (χ1) is 21.7. The highest BCUT2D eigenvalue weighted by Crippen LogP contribution is 2.27. The maximum atomic E-state index is 13.7. The fourth-order valence-corrected chi connectivity index (χ4v) is 5.69. The third kappa shape index (κ3) is 9.40. The maximum Gasteiger partial charge on any atom is 0.409 e. The van der Waals surface area contributed by atoms with Gasteiger partial charge in [0, 0.05) is 63.0 Å². The molecule has 2 N–H and O–H groups in total. The molecule has 0 radical (unpaired) electrons. The van der Waals surface area contributed by atoms with E-state index >= 15 is 0 Å². The summed E-state index contributed by atoms with van der Waals surface area (Å²) in [5.74, 6) is -1.98. The average Bonchev–Trinajstić information content (AvgIpc) is 3.06. The zero-order valence-corrected chi connectivity index (χ0v) is 26.6. The molecule has 2 saturated heterocycles. The molecule has 0 saturated carbocycles. The summed E-state index contributed by atoms with van der Waals surface area (Å²) in [7, 11) is 4.18. The molecule has 1 aromatic carbocycles. The maximum absolute atomic E-state index is 13.7. The number of aliphatic carboxylic acids is 1. The van der Waals surface area contributed by atoms with Crippen LogP contribution in [0.25, 0.3) is 11.3 Å². The van der Waals surface area contributed by atoms with Gasteiger partial charge in [-0.15, -0.1) is 0 Å². The molecule has 3 amide bonds. The number of piperazine rings is 1. The van der Waals surface area contributed by atoms with Crippen LogP contribution in [-0.4, -0.2) is 121 Å². The highest BCUT2D eigenvalue weighted by atomic mass is 16.6. The summed E-state index contributed by atoms with van der Waals surface area (Å²) >= 11 is 0. The minimum absolute atomic E-state index is 0.0670. The van der Waals surface area contributed by atoms with Crippen LogP contribution in [0.3, 0.4) is 0 Å². The van der Waals surface area contributed by atoms with Crippen LogP contribution in [0.2, 0.25) is 0 Å². The van der Waals surface area contributed by atoms with Crippen LogP contribution >= 0.6 is 0 Å². The van der Waals surface area contributed by atoms with E-state index in [0.717, 1.165) is 50.0 Å². The third-order valence-electron chi connectivity index (χ3n) is 8.50. The molecule has 45 heavy (non-hydrogen) atoms. The smallest absolute Gasteiger partial charge is 0.409 e. The number of benzene rings is 1. The molecule has 2 aromatic rings. The van der Waals surface area contributed by atoms with Gasteiger partial charge in [-0.3, -0.25) is 14.4 Å². The van der Waals surface area contributed by atoms with Crippen molar-refractivity contribution in [2.75, 3.05) is 64.9 Å². The van der Waals surface area contributed by atoms with Gasteiger partial charge in [0.05, 0.1) is 12.3 Å². The molecule has 12 nitrogen and oxygen atoms in total. The number of carbonyl (C=O) groups is 4. The zero-order chi connectivity index (χ0) is 32.3. The topological polar surface area (TPSA) is 136 Å². The fourth-order valence-electron chi connectivity index (χ4n) is 5.69. The van der Waals surface area contributed by atoms with Crippen molar-refractivity contribution in [2.45, 2.75) is 57.5 Å². The van der Waals surface area contributed by atoms with E-state index in [-0.39, 0.29) is 37.5 Å². The Morgan fingerprint density at radius 1 is 1.00 bits per heavy atom. The number of carbonyl (C=O) groups excluding carboxylic acids is 3. The molecular weight excluding hydrogens is 576 g/mol. The van der Waals surface area contributed by atoms with Crippen molar-refractivity contribution < 1.29 is 29.0 Å². The predicted molar refractivity (Wildman–Crippen MR) is 171 cm³/mol. The second-order valence-electron chi connectivity index (χ2n) is 11.9. The number of unbranched alkanes of at least 4 members (excludes halogenated alkanes) is 1. The summed E-state index contributed by atoms with van der Waals surface area (Å²) in [5, 5.41) is 12.2. The van der Waals surface area contributed by atoms with E-state index in [1.807, 2.05) is 43.3 Å². The van der Waals surface area contributed by atoms with Gasteiger partial charge in [-0.2, -0.15) is 0 Å². The lowest BCUT2D eigenvalue weighted by molar-refractivity contribution is -0.138.